The van der Waals surface area contributed by atoms with Crippen LogP contribution in [0, 0.1) is 0 Å². The third kappa shape index (κ3) is 5.62. The van der Waals surface area contributed by atoms with Crippen molar-refractivity contribution in [2.75, 3.05) is 81.9 Å². The van der Waals surface area contributed by atoms with E-state index in [2.05, 4.69) is 40.8 Å². The van der Waals surface area contributed by atoms with E-state index in [9.17, 15) is 8.42 Å². The number of aliphatic hydroxyl groups excluding tert-OH is 1. The second-order valence-electron chi connectivity index (χ2n) is 8.22. The fourth-order valence-electron chi connectivity index (χ4n) is 4.25. The van der Waals surface area contributed by atoms with Crippen molar-refractivity contribution in [3.05, 3.63) is 34.8 Å². The molecule has 2 fully saturated rings. The monoisotopic (exact) mass is 554 g/mol. The van der Waals surface area contributed by atoms with Crippen molar-refractivity contribution in [2.45, 2.75) is 11.8 Å². The summed E-state index contributed by atoms with van der Waals surface area (Å²) in [6, 6.07) is 8.98. The highest BCUT2D eigenvalue weighted by molar-refractivity contribution is 9.10. The Morgan fingerprint density at radius 3 is 2.06 bits per heavy atom. The van der Waals surface area contributed by atoms with E-state index in [0.29, 0.717) is 49.6 Å². The molecule has 0 radical (unpaired) electrons. The average molecular weight is 555 g/mol. The van der Waals surface area contributed by atoms with Crippen molar-refractivity contribution in [2.24, 2.45) is 0 Å². The Hall–Kier alpha value is -1.99. The van der Waals surface area contributed by atoms with Gasteiger partial charge in [-0.15, -0.1) is 10.2 Å². The maximum atomic E-state index is 13.3. The first-order chi connectivity index (χ1) is 16.4. The molecule has 0 aliphatic carbocycles. The molecule has 0 atom stereocenters. The quantitative estimate of drug-likeness (QED) is 0.516. The first kappa shape index (κ1) is 25.1. The highest BCUT2D eigenvalue weighted by atomic mass is 79.9. The van der Waals surface area contributed by atoms with Crippen LogP contribution in [0.5, 0.6) is 5.75 Å². The zero-order valence-corrected chi connectivity index (χ0v) is 21.7. The summed E-state index contributed by atoms with van der Waals surface area (Å²) in [7, 11) is -3.68. The lowest BCUT2D eigenvalue weighted by molar-refractivity contribution is 0.188. The van der Waals surface area contributed by atoms with Crippen molar-refractivity contribution in [3.63, 3.8) is 0 Å². The third-order valence-electron chi connectivity index (χ3n) is 6.13. The molecule has 10 nitrogen and oxygen atoms in total. The van der Waals surface area contributed by atoms with Crippen LogP contribution in [0.25, 0.3) is 0 Å². The van der Waals surface area contributed by atoms with E-state index < -0.39 is 10.0 Å². The predicted octanol–water partition coefficient (Wildman–Crippen LogP) is 1.26. The summed E-state index contributed by atoms with van der Waals surface area (Å²) in [6.45, 7) is 8.38. The molecule has 0 spiro atoms. The Morgan fingerprint density at radius 1 is 0.941 bits per heavy atom. The minimum Gasteiger partial charge on any atom is -0.492 e. The van der Waals surface area contributed by atoms with Gasteiger partial charge in [0.15, 0.2) is 11.6 Å². The smallest absolute Gasteiger partial charge is 0.246 e. The summed E-state index contributed by atoms with van der Waals surface area (Å²) in [5, 5.41) is 17.9. The van der Waals surface area contributed by atoms with Gasteiger partial charge in [0.05, 0.1) is 13.2 Å². The maximum Gasteiger partial charge on any atom is 0.246 e. The second-order valence-corrected chi connectivity index (χ2v) is 11.0. The highest BCUT2D eigenvalue weighted by Crippen LogP contribution is 2.31. The van der Waals surface area contributed by atoms with E-state index in [1.807, 2.05) is 19.1 Å². The van der Waals surface area contributed by atoms with Crippen LogP contribution in [0.2, 0.25) is 0 Å². The van der Waals surface area contributed by atoms with Gasteiger partial charge in [-0.3, -0.25) is 4.90 Å². The molecule has 2 aromatic rings. The molecule has 0 unspecified atom stereocenters. The lowest BCUT2D eigenvalue weighted by Gasteiger charge is -2.36. The number of halogens is 1. The Morgan fingerprint density at radius 2 is 1.53 bits per heavy atom. The molecule has 2 aliphatic rings. The van der Waals surface area contributed by atoms with Gasteiger partial charge in [0.2, 0.25) is 10.0 Å². The molecule has 3 heterocycles. The van der Waals surface area contributed by atoms with Gasteiger partial charge in [0, 0.05) is 63.4 Å². The highest BCUT2D eigenvalue weighted by Gasteiger charge is 2.31. The normalized spacial score (nSPS) is 18.3. The molecule has 186 valence electrons. The summed E-state index contributed by atoms with van der Waals surface area (Å²) in [5.41, 5.74) is 0. The van der Waals surface area contributed by atoms with E-state index in [1.54, 1.807) is 18.2 Å². The molecule has 2 aliphatic heterocycles. The largest absolute Gasteiger partial charge is 0.492 e. The van der Waals surface area contributed by atoms with Crippen molar-refractivity contribution in [1.29, 1.82) is 0 Å². The third-order valence-corrected chi connectivity index (χ3v) is 8.55. The molecule has 2 saturated heterocycles. The lowest BCUT2D eigenvalue weighted by atomic mass is 10.3. The van der Waals surface area contributed by atoms with Crippen molar-refractivity contribution >= 4 is 37.6 Å². The number of anilines is 2. The molecular formula is C22H31BrN6O4S. The van der Waals surface area contributed by atoms with Gasteiger partial charge in [0.25, 0.3) is 0 Å². The van der Waals surface area contributed by atoms with Crippen LogP contribution in [-0.4, -0.2) is 105 Å². The zero-order valence-electron chi connectivity index (χ0n) is 19.3. The molecule has 0 bridgehead atoms. The van der Waals surface area contributed by atoms with E-state index in [0.717, 1.165) is 37.8 Å². The molecule has 1 aromatic carbocycles. The molecule has 12 heteroatoms. The SMILES string of the molecule is CCOc1ccc(Br)cc1S(=O)(=O)N1CCN(c2ccc(N3CCN(CCO)CC3)nn2)CC1. The van der Waals surface area contributed by atoms with Crippen LogP contribution in [0.15, 0.2) is 39.7 Å². The van der Waals surface area contributed by atoms with E-state index in [4.69, 9.17) is 9.84 Å². The minimum atomic E-state index is -3.68. The Labute approximate surface area is 209 Å². The number of ether oxygens (including phenoxy) is 1. The van der Waals surface area contributed by atoms with E-state index >= 15 is 0 Å². The summed E-state index contributed by atoms with van der Waals surface area (Å²) in [6.07, 6.45) is 0. The summed E-state index contributed by atoms with van der Waals surface area (Å²) in [5.74, 6) is 1.95. The van der Waals surface area contributed by atoms with Gasteiger partial charge >= 0.3 is 0 Å². The van der Waals surface area contributed by atoms with Crippen molar-refractivity contribution in [3.8, 4) is 5.75 Å². The number of sulfonamides is 1. The molecule has 1 aromatic heterocycles. The molecule has 34 heavy (non-hydrogen) atoms. The maximum absolute atomic E-state index is 13.3. The van der Waals surface area contributed by atoms with Crippen LogP contribution in [0.1, 0.15) is 6.92 Å². The standard InChI is InChI=1S/C22H31BrN6O4S/c1-2-33-19-4-3-18(23)17-20(19)34(31,32)29-13-11-28(12-14-29)22-6-5-21(24-25-22)27-9-7-26(8-10-27)15-16-30/h3-6,17,30H,2,7-16H2,1H3. The number of rotatable bonds is 8. The van der Waals surface area contributed by atoms with Gasteiger partial charge in [-0.2, -0.15) is 4.31 Å². The Kier molecular flexibility index (Phi) is 8.25. The number of β-amino-alcohol motifs (C(OH)–C–C–N with tert-alkyl or cyclic N) is 1. The Bertz CT molecular complexity index is 1060. The van der Waals surface area contributed by atoms with Gasteiger partial charge in [0.1, 0.15) is 10.6 Å². The number of hydrogen-bond acceptors (Lipinski definition) is 9. The number of benzene rings is 1. The van der Waals surface area contributed by atoms with Gasteiger partial charge in [-0.1, -0.05) is 15.9 Å². The fraction of sp³-hybridized carbons (Fsp3) is 0.545. The number of piperazine rings is 2. The van der Waals surface area contributed by atoms with Crippen molar-refractivity contribution in [1.82, 2.24) is 19.4 Å². The van der Waals surface area contributed by atoms with Gasteiger partial charge in [-0.05, 0) is 37.3 Å². The van der Waals surface area contributed by atoms with Gasteiger partial charge in [-0.25, -0.2) is 8.42 Å². The summed E-state index contributed by atoms with van der Waals surface area (Å²) < 4.78 is 34.4. The van der Waals surface area contributed by atoms with Crippen LogP contribution in [0.3, 0.4) is 0 Å². The minimum absolute atomic E-state index is 0.180. The summed E-state index contributed by atoms with van der Waals surface area (Å²) in [4.78, 5) is 6.67. The average Bonchev–Trinajstić information content (AvgIpc) is 2.86. The van der Waals surface area contributed by atoms with Crippen LogP contribution >= 0.6 is 15.9 Å². The van der Waals surface area contributed by atoms with E-state index in [-0.39, 0.29) is 11.5 Å². The number of aliphatic hydroxyl groups is 1. The molecule has 1 N–H and O–H groups in total. The lowest BCUT2D eigenvalue weighted by Crippen LogP contribution is -2.49. The molecule has 0 amide bonds. The van der Waals surface area contributed by atoms with Crippen LogP contribution < -0.4 is 14.5 Å². The second kappa shape index (κ2) is 11.2. The van der Waals surface area contributed by atoms with Gasteiger partial charge < -0.3 is 19.6 Å². The van der Waals surface area contributed by atoms with E-state index in [1.165, 1.54) is 4.31 Å². The summed E-state index contributed by atoms with van der Waals surface area (Å²) >= 11 is 3.37. The first-order valence-electron chi connectivity index (χ1n) is 11.5. The molecule has 0 saturated carbocycles. The molecular weight excluding hydrogens is 524 g/mol. The van der Waals surface area contributed by atoms with Crippen LogP contribution in [-0.2, 0) is 10.0 Å². The number of hydrogen-bond donors (Lipinski definition) is 1. The first-order valence-corrected chi connectivity index (χ1v) is 13.7. The molecule has 4 rings (SSSR count). The number of aromatic nitrogens is 2. The fourth-order valence-corrected chi connectivity index (χ4v) is 6.34. The Balaban J connectivity index is 1.37. The number of nitrogens with zero attached hydrogens (tertiary/aromatic N) is 6. The topological polar surface area (TPSA) is 102 Å². The van der Waals surface area contributed by atoms with Crippen LogP contribution in [0.4, 0.5) is 11.6 Å². The van der Waals surface area contributed by atoms with Crippen molar-refractivity contribution < 1.29 is 18.3 Å². The predicted molar refractivity (Wildman–Crippen MR) is 134 cm³/mol. The zero-order chi connectivity index (χ0) is 24.1.